The SMILES string of the molecule is O=C(Cc1ccc(Oc2ccnc3cc(OCc4ccccc4)ccc23)cc1Cl)CC1CC1.O=C=O. The van der Waals surface area contributed by atoms with Crippen molar-refractivity contribution in [2.75, 3.05) is 0 Å². The summed E-state index contributed by atoms with van der Waals surface area (Å²) in [6, 6.07) is 23.1. The van der Waals surface area contributed by atoms with Crippen molar-refractivity contribution in [2.45, 2.75) is 32.3 Å². The maximum Gasteiger partial charge on any atom is 0.373 e. The number of ether oxygens (including phenoxy) is 2. The Morgan fingerprint density at radius 3 is 2.44 bits per heavy atom. The standard InChI is InChI=1S/C28H24ClNO3.CO2/c29-26-16-24(9-8-21(26)15-22(31)14-19-6-7-19)33-28-12-13-30-27-17-23(10-11-25(27)28)32-18-20-4-2-1-3-5-20;2-1-3/h1-5,8-13,16-17,19H,6-7,14-15,18H2;. The zero-order valence-corrected chi connectivity index (χ0v) is 20.2. The molecule has 0 saturated heterocycles. The van der Waals surface area contributed by atoms with Gasteiger partial charge in [0.15, 0.2) is 0 Å². The third kappa shape index (κ3) is 7.01. The van der Waals surface area contributed by atoms with Gasteiger partial charge in [0.2, 0.25) is 0 Å². The van der Waals surface area contributed by atoms with Crippen molar-refractivity contribution in [1.82, 2.24) is 4.98 Å². The van der Waals surface area contributed by atoms with Crippen LogP contribution in [0.25, 0.3) is 10.9 Å². The molecule has 0 spiro atoms. The fourth-order valence-electron chi connectivity index (χ4n) is 3.81. The molecule has 36 heavy (non-hydrogen) atoms. The molecule has 0 unspecified atom stereocenters. The van der Waals surface area contributed by atoms with Crippen molar-refractivity contribution >= 4 is 34.4 Å². The predicted octanol–water partition coefficient (Wildman–Crippen LogP) is 6.59. The number of aromatic nitrogens is 1. The molecule has 1 aliphatic rings. The summed E-state index contributed by atoms with van der Waals surface area (Å²) in [5.74, 6) is 2.89. The second-order valence-corrected chi connectivity index (χ2v) is 8.97. The summed E-state index contributed by atoms with van der Waals surface area (Å²) in [5.41, 5.74) is 2.73. The lowest BCUT2D eigenvalue weighted by atomic mass is 10.0. The number of rotatable bonds is 9. The van der Waals surface area contributed by atoms with E-state index in [1.807, 2.05) is 66.7 Å². The van der Waals surface area contributed by atoms with Crippen LogP contribution in [0.1, 0.15) is 30.4 Å². The van der Waals surface area contributed by atoms with E-state index in [-0.39, 0.29) is 11.9 Å². The van der Waals surface area contributed by atoms with Crippen molar-refractivity contribution in [2.24, 2.45) is 5.92 Å². The molecule has 1 saturated carbocycles. The molecule has 1 aromatic heterocycles. The van der Waals surface area contributed by atoms with Gasteiger partial charge in [-0.1, -0.05) is 48.0 Å². The number of pyridine rings is 1. The van der Waals surface area contributed by atoms with Gasteiger partial charge in [0.05, 0.1) is 5.52 Å². The molecule has 182 valence electrons. The number of carbonyl (C=O) groups is 1. The molecule has 0 atom stereocenters. The monoisotopic (exact) mass is 501 g/mol. The van der Waals surface area contributed by atoms with Crippen LogP contribution in [-0.2, 0) is 27.4 Å². The molecule has 1 heterocycles. The zero-order chi connectivity index (χ0) is 25.3. The van der Waals surface area contributed by atoms with Crippen LogP contribution < -0.4 is 9.47 Å². The van der Waals surface area contributed by atoms with Crippen LogP contribution in [0.15, 0.2) is 79.0 Å². The zero-order valence-electron chi connectivity index (χ0n) is 19.5. The fourth-order valence-corrected chi connectivity index (χ4v) is 4.05. The Morgan fingerprint density at radius 2 is 1.72 bits per heavy atom. The Hall–Kier alpha value is -3.99. The highest BCUT2D eigenvalue weighted by molar-refractivity contribution is 6.31. The first-order valence-corrected chi connectivity index (χ1v) is 12.0. The van der Waals surface area contributed by atoms with E-state index in [2.05, 4.69) is 4.98 Å². The van der Waals surface area contributed by atoms with E-state index in [4.69, 9.17) is 30.7 Å². The van der Waals surface area contributed by atoms with Gasteiger partial charge in [0.25, 0.3) is 0 Å². The Bertz CT molecular complexity index is 1380. The van der Waals surface area contributed by atoms with Gasteiger partial charge in [-0.15, -0.1) is 0 Å². The van der Waals surface area contributed by atoms with Crippen LogP contribution >= 0.6 is 11.6 Å². The van der Waals surface area contributed by atoms with E-state index < -0.39 is 0 Å². The number of nitrogens with zero attached hydrogens (tertiary/aromatic N) is 1. The van der Waals surface area contributed by atoms with Crippen LogP contribution in [0.5, 0.6) is 17.2 Å². The summed E-state index contributed by atoms with van der Waals surface area (Å²) < 4.78 is 12.0. The quantitative estimate of drug-likeness (QED) is 0.257. The van der Waals surface area contributed by atoms with Gasteiger partial charge in [0, 0.05) is 35.5 Å². The number of halogens is 1. The number of Topliss-reactive ketones (excluding diaryl/α,β-unsaturated/α-hetero) is 1. The molecule has 0 radical (unpaired) electrons. The number of hydrogen-bond acceptors (Lipinski definition) is 6. The first-order chi connectivity index (χ1) is 17.6. The largest absolute Gasteiger partial charge is 0.489 e. The van der Waals surface area contributed by atoms with Gasteiger partial charge >= 0.3 is 6.15 Å². The average Bonchev–Trinajstić information content (AvgIpc) is 3.69. The summed E-state index contributed by atoms with van der Waals surface area (Å²) >= 11 is 6.46. The molecule has 0 aliphatic heterocycles. The van der Waals surface area contributed by atoms with Gasteiger partial charge in [-0.3, -0.25) is 9.78 Å². The second kappa shape index (κ2) is 12.1. The Kier molecular flexibility index (Phi) is 8.45. The number of carbonyl (C=O) groups excluding carboxylic acids is 3. The first-order valence-electron chi connectivity index (χ1n) is 11.6. The van der Waals surface area contributed by atoms with Crippen LogP contribution in [-0.4, -0.2) is 16.9 Å². The minimum absolute atomic E-state index is 0.249. The van der Waals surface area contributed by atoms with E-state index in [9.17, 15) is 4.79 Å². The molecule has 0 bridgehead atoms. The maximum absolute atomic E-state index is 12.2. The third-order valence-electron chi connectivity index (χ3n) is 5.78. The molecule has 6 nitrogen and oxygen atoms in total. The Labute approximate surface area is 213 Å². The van der Waals surface area contributed by atoms with Crippen molar-refractivity contribution in [3.05, 3.63) is 95.1 Å². The number of benzene rings is 3. The second-order valence-electron chi connectivity index (χ2n) is 8.56. The summed E-state index contributed by atoms with van der Waals surface area (Å²) in [7, 11) is 0. The van der Waals surface area contributed by atoms with Gasteiger partial charge in [-0.2, -0.15) is 9.59 Å². The Morgan fingerprint density at radius 1 is 0.972 bits per heavy atom. The topological polar surface area (TPSA) is 82.6 Å². The van der Waals surface area contributed by atoms with Crippen LogP contribution in [0.4, 0.5) is 0 Å². The van der Waals surface area contributed by atoms with Gasteiger partial charge in [0.1, 0.15) is 29.6 Å². The number of fused-ring (bicyclic) bond motifs is 1. The maximum atomic E-state index is 12.2. The molecule has 7 heteroatoms. The lowest BCUT2D eigenvalue weighted by molar-refractivity contribution is -0.191. The van der Waals surface area contributed by atoms with E-state index in [1.165, 1.54) is 12.8 Å². The Balaban J connectivity index is 0.000000967. The molecular formula is C29H24ClNO5. The third-order valence-corrected chi connectivity index (χ3v) is 6.13. The van der Waals surface area contributed by atoms with Crippen molar-refractivity contribution in [3.8, 4) is 17.2 Å². The van der Waals surface area contributed by atoms with Crippen molar-refractivity contribution in [1.29, 1.82) is 0 Å². The minimum Gasteiger partial charge on any atom is -0.489 e. The highest BCUT2D eigenvalue weighted by Crippen LogP contribution is 2.35. The average molecular weight is 502 g/mol. The molecule has 0 N–H and O–H groups in total. The molecule has 3 aromatic carbocycles. The normalized spacial score (nSPS) is 12.2. The number of ketones is 1. The van der Waals surface area contributed by atoms with E-state index in [1.54, 1.807) is 12.3 Å². The molecule has 4 aromatic rings. The lowest BCUT2D eigenvalue weighted by Crippen LogP contribution is -2.04. The van der Waals surface area contributed by atoms with Gasteiger partial charge in [-0.25, -0.2) is 0 Å². The smallest absolute Gasteiger partial charge is 0.373 e. The summed E-state index contributed by atoms with van der Waals surface area (Å²) in [5, 5.41) is 1.43. The lowest BCUT2D eigenvalue weighted by Gasteiger charge is -2.12. The van der Waals surface area contributed by atoms with Crippen molar-refractivity contribution in [3.63, 3.8) is 0 Å². The van der Waals surface area contributed by atoms with Crippen LogP contribution in [0.3, 0.4) is 0 Å². The van der Waals surface area contributed by atoms with E-state index in [0.717, 1.165) is 27.8 Å². The number of hydrogen-bond donors (Lipinski definition) is 0. The highest BCUT2D eigenvalue weighted by Gasteiger charge is 2.24. The summed E-state index contributed by atoms with van der Waals surface area (Å²) in [4.78, 5) is 32.9. The molecule has 1 fully saturated rings. The molecule has 5 rings (SSSR count). The van der Waals surface area contributed by atoms with Crippen LogP contribution in [0, 0.1) is 5.92 Å². The fraction of sp³-hybridized carbons (Fsp3) is 0.207. The van der Waals surface area contributed by atoms with Gasteiger partial charge in [-0.05, 0) is 60.2 Å². The molecular weight excluding hydrogens is 478 g/mol. The summed E-state index contributed by atoms with van der Waals surface area (Å²) in [6.45, 7) is 0.497. The van der Waals surface area contributed by atoms with E-state index >= 15 is 0 Å². The minimum atomic E-state index is 0.249. The van der Waals surface area contributed by atoms with Crippen LogP contribution in [0.2, 0.25) is 5.02 Å². The van der Waals surface area contributed by atoms with E-state index in [0.29, 0.717) is 41.9 Å². The van der Waals surface area contributed by atoms with Crippen molar-refractivity contribution < 1.29 is 23.9 Å². The van der Waals surface area contributed by atoms with Gasteiger partial charge < -0.3 is 9.47 Å². The predicted molar refractivity (Wildman–Crippen MR) is 135 cm³/mol. The molecule has 0 amide bonds. The molecule has 1 aliphatic carbocycles. The highest BCUT2D eigenvalue weighted by atomic mass is 35.5. The summed E-state index contributed by atoms with van der Waals surface area (Å²) in [6.07, 6.45) is 5.35. The first kappa shape index (κ1) is 25.1.